The van der Waals surface area contributed by atoms with E-state index in [2.05, 4.69) is 4.98 Å². The van der Waals surface area contributed by atoms with Gasteiger partial charge in [0.25, 0.3) is 0 Å². The maximum atomic E-state index is 14.3. The molecule has 1 aromatic heterocycles. The van der Waals surface area contributed by atoms with Crippen molar-refractivity contribution in [3.63, 3.8) is 0 Å². The normalized spacial score (nSPS) is 32.5. The lowest BCUT2D eigenvalue weighted by Crippen LogP contribution is -2.29. The predicted molar refractivity (Wildman–Crippen MR) is 94.6 cm³/mol. The number of aryl methyl sites for hydroxylation is 2. The van der Waals surface area contributed by atoms with Crippen molar-refractivity contribution in [1.29, 1.82) is 0 Å². The van der Waals surface area contributed by atoms with E-state index in [0.717, 1.165) is 23.3 Å². The van der Waals surface area contributed by atoms with Crippen molar-refractivity contribution in [2.24, 2.45) is 11.8 Å². The van der Waals surface area contributed by atoms with Crippen LogP contribution in [0.1, 0.15) is 34.9 Å². The number of nitrogens with zero attached hydrogens (tertiary/aromatic N) is 1. The van der Waals surface area contributed by atoms with Crippen molar-refractivity contribution in [1.82, 2.24) is 4.98 Å². The molecular weight excluding hydrogens is 353 g/mol. The van der Waals surface area contributed by atoms with Gasteiger partial charge in [-0.1, -0.05) is 6.07 Å². The van der Waals surface area contributed by atoms with Gasteiger partial charge in [0.15, 0.2) is 11.6 Å². The lowest BCUT2D eigenvalue weighted by molar-refractivity contribution is -0.127. The number of hydrogen-bond acceptors (Lipinski definition) is 5. The topological polar surface area (TPSA) is 56.3 Å². The number of carbonyl (C=O) groups is 2. The molecule has 5 atom stereocenters. The second kappa shape index (κ2) is 5.54. The quantitative estimate of drug-likeness (QED) is 0.757. The van der Waals surface area contributed by atoms with Crippen LogP contribution < -0.4 is 0 Å². The van der Waals surface area contributed by atoms with Gasteiger partial charge >= 0.3 is 0 Å². The Labute approximate surface area is 154 Å². The van der Waals surface area contributed by atoms with Gasteiger partial charge in [0, 0.05) is 10.4 Å². The molecule has 1 saturated carbocycles. The van der Waals surface area contributed by atoms with Gasteiger partial charge in [-0.3, -0.25) is 9.59 Å². The Kier molecular flexibility index (Phi) is 3.46. The average molecular weight is 371 g/mol. The van der Waals surface area contributed by atoms with Gasteiger partial charge in [0.05, 0.1) is 29.7 Å². The van der Waals surface area contributed by atoms with E-state index in [1.165, 1.54) is 17.4 Å². The molecule has 2 aliphatic heterocycles. The number of benzene rings is 1. The summed E-state index contributed by atoms with van der Waals surface area (Å²) in [5.74, 6) is -1.89. The van der Waals surface area contributed by atoms with Crippen LogP contribution in [-0.4, -0.2) is 28.8 Å². The second-order valence-electron chi connectivity index (χ2n) is 7.52. The van der Waals surface area contributed by atoms with E-state index in [1.54, 1.807) is 6.07 Å². The van der Waals surface area contributed by atoms with E-state index < -0.39 is 5.92 Å². The average Bonchev–Trinajstić information content (AvgIpc) is 3.33. The molecule has 6 heteroatoms. The maximum Gasteiger partial charge on any atom is 0.155 e. The highest BCUT2D eigenvalue weighted by molar-refractivity contribution is 7.15. The zero-order valence-electron chi connectivity index (χ0n) is 14.5. The molecule has 3 unspecified atom stereocenters. The first-order valence-corrected chi connectivity index (χ1v) is 9.74. The number of ketones is 2. The number of carbonyl (C=O) groups excluding carboxylic acids is 2. The third-order valence-corrected chi connectivity index (χ3v) is 6.98. The molecule has 3 fully saturated rings. The molecule has 0 amide bonds. The fourth-order valence-electron chi connectivity index (χ4n) is 4.78. The Morgan fingerprint density at radius 2 is 1.77 bits per heavy atom. The number of thiazole rings is 1. The summed E-state index contributed by atoms with van der Waals surface area (Å²) in [6.45, 7) is 3.68. The Morgan fingerprint density at radius 1 is 1.12 bits per heavy atom. The summed E-state index contributed by atoms with van der Waals surface area (Å²) in [6, 6.07) is 5.00. The number of rotatable bonds is 2. The number of fused-ring (bicyclic) bond motifs is 5. The molecule has 2 saturated heterocycles. The summed E-state index contributed by atoms with van der Waals surface area (Å²) in [5.41, 5.74) is 1.76. The van der Waals surface area contributed by atoms with E-state index in [9.17, 15) is 14.0 Å². The largest absolute Gasteiger partial charge is 0.373 e. The molecule has 0 spiro atoms. The van der Waals surface area contributed by atoms with Crippen LogP contribution in [-0.2, 0) is 14.3 Å². The number of hydrogen-bond donors (Lipinski definition) is 0. The molecule has 134 valence electrons. The zero-order valence-corrected chi connectivity index (χ0v) is 15.3. The zero-order chi connectivity index (χ0) is 18.2. The van der Waals surface area contributed by atoms with E-state index in [1.807, 2.05) is 19.9 Å². The van der Waals surface area contributed by atoms with Crippen LogP contribution in [0.4, 0.5) is 4.39 Å². The van der Waals surface area contributed by atoms with E-state index in [4.69, 9.17) is 4.74 Å². The molecule has 3 aliphatic rings. The van der Waals surface area contributed by atoms with Crippen LogP contribution in [0.25, 0.3) is 10.6 Å². The Hall–Kier alpha value is -1.92. The van der Waals surface area contributed by atoms with E-state index in [-0.39, 0.29) is 41.4 Å². The van der Waals surface area contributed by atoms with Crippen molar-refractivity contribution in [2.45, 2.75) is 44.8 Å². The first-order chi connectivity index (χ1) is 12.5. The summed E-state index contributed by atoms with van der Waals surface area (Å²) in [4.78, 5) is 31.3. The fourth-order valence-corrected chi connectivity index (χ4v) is 5.76. The molecule has 2 bridgehead atoms. The van der Waals surface area contributed by atoms with Crippen LogP contribution in [0.5, 0.6) is 0 Å². The smallest absolute Gasteiger partial charge is 0.155 e. The van der Waals surface area contributed by atoms with Crippen molar-refractivity contribution < 1.29 is 18.7 Å². The highest BCUT2D eigenvalue weighted by Gasteiger charge is 2.63. The van der Waals surface area contributed by atoms with E-state index in [0.29, 0.717) is 16.3 Å². The van der Waals surface area contributed by atoms with E-state index >= 15 is 0 Å². The molecule has 0 N–H and O–H groups in total. The summed E-state index contributed by atoms with van der Waals surface area (Å²) < 4.78 is 20.1. The number of aromatic nitrogens is 1. The van der Waals surface area contributed by atoms with Crippen molar-refractivity contribution in [3.8, 4) is 10.6 Å². The van der Waals surface area contributed by atoms with Crippen LogP contribution in [0.2, 0.25) is 0 Å². The minimum absolute atomic E-state index is 0.0588. The monoisotopic (exact) mass is 371 g/mol. The standard InChI is InChI=1S/C20H18FNO3S/c1-8-3-4-10(11(21)7-8)20-22-17(9(2)26-20)16-18(23)14-12-5-6-13(25-12)15(14)19(16)24/h3-4,7,12-16H,5-6H2,1-2H3/t12?,13?,14-,15+,16?. The van der Waals surface area contributed by atoms with Gasteiger partial charge in [-0.15, -0.1) is 11.3 Å². The first kappa shape index (κ1) is 16.3. The highest BCUT2D eigenvalue weighted by Crippen LogP contribution is 2.52. The van der Waals surface area contributed by atoms with Crippen molar-refractivity contribution in [3.05, 3.63) is 40.2 Å². The minimum atomic E-state index is -0.810. The van der Waals surface area contributed by atoms with Crippen molar-refractivity contribution >= 4 is 22.9 Å². The molecule has 1 aliphatic carbocycles. The number of Topliss-reactive ketones (excluding diaryl/α,β-unsaturated/α-hetero) is 2. The maximum absolute atomic E-state index is 14.3. The van der Waals surface area contributed by atoms with Crippen LogP contribution in [0.3, 0.4) is 0 Å². The van der Waals surface area contributed by atoms with Crippen molar-refractivity contribution in [2.75, 3.05) is 0 Å². The third kappa shape index (κ3) is 2.12. The molecule has 5 rings (SSSR count). The van der Waals surface area contributed by atoms with Crippen LogP contribution in [0.15, 0.2) is 18.2 Å². The molecule has 1 aromatic carbocycles. The molecule has 2 aromatic rings. The van der Waals surface area contributed by atoms with Gasteiger partial charge in [0.2, 0.25) is 0 Å². The van der Waals surface area contributed by atoms with Gasteiger partial charge in [0.1, 0.15) is 16.7 Å². The highest BCUT2D eigenvalue weighted by atomic mass is 32.1. The number of halogens is 1. The summed E-state index contributed by atoms with van der Waals surface area (Å²) in [6.07, 6.45) is 1.49. The lowest BCUT2D eigenvalue weighted by atomic mass is 9.81. The minimum Gasteiger partial charge on any atom is -0.373 e. The van der Waals surface area contributed by atoms with Crippen LogP contribution >= 0.6 is 11.3 Å². The summed E-state index contributed by atoms with van der Waals surface area (Å²) >= 11 is 1.34. The van der Waals surface area contributed by atoms with Gasteiger partial charge in [-0.05, 0) is 44.4 Å². The summed E-state index contributed by atoms with van der Waals surface area (Å²) in [5, 5.41) is 0.520. The Balaban J connectivity index is 1.54. The molecule has 4 nitrogen and oxygen atoms in total. The molecular formula is C20H18FNO3S. The van der Waals surface area contributed by atoms with Gasteiger partial charge in [-0.2, -0.15) is 0 Å². The third-order valence-electron chi connectivity index (χ3n) is 5.96. The van der Waals surface area contributed by atoms with Gasteiger partial charge in [-0.25, -0.2) is 9.37 Å². The second-order valence-corrected chi connectivity index (χ2v) is 8.73. The van der Waals surface area contributed by atoms with Gasteiger partial charge < -0.3 is 4.74 Å². The predicted octanol–water partition coefficient (Wildman–Crippen LogP) is 3.60. The Morgan fingerprint density at radius 3 is 2.38 bits per heavy atom. The Bertz CT molecular complexity index is 925. The molecule has 26 heavy (non-hydrogen) atoms. The number of ether oxygens (including phenoxy) is 1. The molecule has 0 radical (unpaired) electrons. The lowest BCUT2D eigenvalue weighted by Gasteiger charge is -2.16. The molecule has 3 heterocycles. The summed E-state index contributed by atoms with van der Waals surface area (Å²) in [7, 11) is 0. The first-order valence-electron chi connectivity index (χ1n) is 8.92. The fraction of sp³-hybridized carbons (Fsp3) is 0.450. The SMILES string of the molecule is Cc1ccc(-c2nc(C3C(=O)[C@@H]4C5CCC(O5)[C@@H]4C3=O)c(C)s2)c(F)c1. The van der Waals surface area contributed by atoms with Crippen LogP contribution in [0, 0.1) is 31.5 Å².